The van der Waals surface area contributed by atoms with E-state index in [0.717, 1.165) is 38.4 Å². The number of carbonyl (C=O) groups excluding carboxylic acids is 2. The number of hydrogen-bond acceptors (Lipinski definition) is 3. The van der Waals surface area contributed by atoms with Gasteiger partial charge in [0.05, 0.1) is 5.92 Å². The topological polar surface area (TPSA) is 43.9 Å². The van der Waals surface area contributed by atoms with Crippen molar-refractivity contribution in [3.8, 4) is 0 Å². The number of amides is 2. The molecule has 3 aliphatic rings. The van der Waals surface area contributed by atoms with E-state index in [4.69, 9.17) is 0 Å². The third kappa shape index (κ3) is 5.42. The average molecular weight is 412 g/mol. The lowest BCUT2D eigenvalue weighted by Gasteiger charge is -2.38. The SMILES string of the molecule is CC1CCN(CC2CCCN(C(=O)C3CC(=O)N(CCc4ccccc4)C3)C2)CC1. The first-order chi connectivity index (χ1) is 14.6. The summed E-state index contributed by atoms with van der Waals surface area (Å²) in [5.74, 6) is 1.64. The normalized spacial score (nSPS) is 26.4. The fraction of sp³-hybridized carbons (Fsp3) is 0.680. The van der Waals surface area contributed by atoms with Gasteiger partial charge in [-0.2, -0.15) is 0 Å². The third-order valence-electron chi connectivity index (χ3n) is 7.30. The van der Waals surface area contributed by atoms with Crippen molar-refractivity contribution in [2.24, 2.45) is 17.8 Å². The van der Waals surface area contributed by atoms with Crippen LogP contribution in [0.1, 0.15) is 44.6 Å². The first kappa shape index (κ1) is 21.4. The van der Waals surface area contributed by atoms with Crippen LogP contribution in [0, 0.1) is 17.8 Å². The summed E-state index contributed by atoms with van der Waals surface area (Å²) in [5, 5.41) is 0. The van der Waals surface area contributed by atoms with E-state index in [0.29, 0.717) is 25.4 Å². The molecule has 5 heteroatoms. The maximum Gasteiger partial charge on any atom is 0.228 e. The van der Waals surface area contributed by atoms with Crippen molar-refractivity contribution in [2.45, 2.75) is 45.4 Å². The van der Waals surface area contributed by atoms with Crippen LogP contribution in [0.4, 0.5) is 0 Å². The Labute approximate surface area is 181 Å². The molecule has 0 aromatic heterocycles. The summed E-state index contributed by atoms with van der Waals surface area (Å²) >= 11 is 0. The van der Waals surface area contributed by atoms with Gasteiger partial charge in [-0.1, -0.05) is 37.3 Å². The van der Waals surface area contributed by atoms with Crippen LogP contribution in [-0.2, 0) is 16.0 Å². The molecule has 0 saturated carbocycles. The van der Waals surface area contributed by atoms with E-state index in [9.17, 15) is 9.59 Å². The van der Waals surface area contributed by atoms with E-state index >= 15 is 0 Å². The van der Waals surface area contributed by atoms with Gasteiger partial charge < -0.3 is 14.7 Å². The smallest absolute Gasteiger partial charge is 0.228 e. The van der Waals surface area contributed by atoms with E-state index < -0.39 is 0 Å². The molecule has 0 bridgehead atoms. The summed E-state index contributed by atoms with van der Waals surface area (Å²) < 4.78 is 0. The van der Waals surface area contributed by atoms with Gasteiger partial charge in [0.25, 0.3) is 0 Å². The fourth-order valence-electron chi connectivity index (χ4n) is 5.34. The summed E-state index contributed by atoms with van der Waals surface area (Å²) in [5.41, 5.74) is 1.24. The molecular formula is C25H37N3O2. The minimum absolute atomic E-state index is 0.139. The maximum absolute atomic E-state index is 13.2. The predicted molar refractivity (Wildman–Crippen MR) is 119 cm³/mol. The second-order valence-corrected chi connectivity index (χ2v) is 9.75. The summed E-state index contributed by atoms with van der Waals surface area (Å²) in [4.78, 5) is 32.2. The first-order valence-electron chi connectivity index (χ1n) is 11.9. The quantitative estimate of drug-likeness (QED) is 0.723. The van der Waals surface area contributed by atoms with Crippen LogP contribution < -0.4 is 0 Å². The highest BCUT2D eigenvalue weighted by atomic mass is 16.2. The zero-order chi connectivity index (χ0) is 20.9. The Hall–Kier alpha value is -1.88. The molecule has 2 atom stereocenters. The van der Waals surface area contributed by atoms with Crippen molar-refractivity contribution in [1.82, 2.24) is 14.7 Å². The molecule has 3 heterocycles. The average Bonchev–Trinajstić information content (AvgIpc) is 3.15. The number of piperidine rings is 2. The van der Waals surface area contributed by atoms with Crippen molar-refractivity contribution < 1.29 is 9.59 Å². The lowest BCUT2D eigenvalue weighted by Crippen LogP contribution is -2.47. The van der Waals surface area contributed by atoms with E-state index in [1.807, 2.05) is 23.1 Å². The number of benzene rings is 1. The number of carbonyl (C=O) groups is 2. The molecule has 5 nitrogen and oxygen atoms in total. The Morgan fingerprint density at radius 2 is 1.80 bits per heavy atom. The van der Waals surface area contributed by atoms with Crippen LogP contribution in [0.15, 0.2) is 30.3 Å². The summed E-state index contributed by atoms with van der Waals surface area (Å²) in [6, 6.07) is 10.3. The standard InChI is InChI=1S/C25H37N3O2/c1-20-9-13-26(14-10-20)17-22-8-5-12-28(18-22)25(30)23-16-24(29)27(19-23)15-11-21-6-3-2-4-7-21/h2-4,6-7,20,22-23H,5,8-19H2,1H3. The number of nitrogens with zero attached hydrogens (tertiary/aromatic N) is 3. The Balaban J connectivity index is 1.25. The molecule has 30 heavy (non-hydrogen) atoms. The van der Waals surface area contributed by atoms with Crippen LogP contribution in [0.2, 0.25) is 0 Å². The second kappa shape index (κ2) is 9.95. The van der Waals surface area contributed by atoms with Gasteiger partial charge in [0.1, 0.15) is 0 Å². The first-order valence-corrected chi connectivity index (χ1v) is 11.9. The van der Waals surface area contributed by atoms with E-state index in [2.05, 4.69) is 28.9 Å². The molecule has 3 fully saturated rings. The number of hydrogen-bond donors (Lipinski definition) is 0. The van der Waals surface area contributed by atoms with Crippen LogP contribution in [0.3, 0.4) is 0 Å². The van der Waals surface area contributed by atoms with Crippen molar-refractivity contribution in [2.75, 3.05) is 45.8 Å². The van der Waals surface area contributed by atoms with Crippen molar-refractivity contribution in [3.63, 3.8) is 0 Å². The molecule has 3 aliphatic heterocycles. The molecule has 0 N–H and O–H groups in total. The van der Waals surface area contributed by atoms with Gasteiger partial charge in [-0.05, 0) is 62.6 Å². The molecular weight excluding hydrogens is 374 g/mol. The molecule has 3 saturated heterocycles. The molecule has 0 spiro atoms. The Morgan fingerprint density at radius 3 is 2.57 bits per heavy atom. The van der Waals surface area contributed by atoms with Gasteiger partial charge in [0.15, 0.2) is 0 Å². The highest BCUT2D eigenvalue weighted by molar-refractivity contribution is 5.89. The summed E-state index contributed by atoms with van der Waals surface area (Å²) in [6.07, 6.45) is 6.17. The Bertz CT molecular complexity index is 714. The molecule has 1 aromatic rings. The van der Waals surface area contributed by atoms with Crippen molar-refractivity contribution in [3.05, 3.63) is 35.9 Å². The van der Waals surface area contributed by atoms with E-state index in [1.165, 1.54) is 37.9 Å². The lowest BCUT2D eigenvalue weighted by molar-refractivity contribution is -0.137. The van der Waals surface area contributed by atoms with Gasteiger partial charge >= 0.3 is 0 Å². The van der Waals surface area contributed by atoms with Gasteiger partial charge in [-0.15, -0.1) is 0 Å². The molecule has 164 valence electrons. The van der Waals surface area contributed by atoms with Crippen molar-refractivity contribution in [1.29, 1.82) is 0 Å². The van der Waals surface area contributed by atoms with E-state index in [-0.39, 0.29) is 17.7 Å². The van der Waals surface area contributed by atoms with Crippen LogP contribution >= 0.6 is 0 Å². The summed E-state index contributed by atoms with van der Waals surface area (Å²) in [6.45, 7) is 8.94. The van der Waals surface area contributed by atoms with Gasteiger partial charge in [-0.25, -0.2) is 0 Å². The van der Waals surface area contributed by atoms with E-state index in [1.54, 1.807) is 0 Å². The van der Waals surface area contributed by atoms with Crippen LogP contribution in [0.25, 0.3) is 0 Å². The Morgan fingerprint density at radius 1 is 1.03 bits per heavy atom. The maximum atomic E-state index is 13.2. The van der Waals surface area contributed by atoms with Gasteiger partial charge in [-0.3, -0.25) is 9.59 Å². The number of rotatable bonds is 6. The van der Waals surface area contributed by atoms with Crippen LogP contribution in [-0.4, -0.2) is 72.3 Å². The minimum atomic E-state index is -0.150. The minimum Gasteiger partial charge on any atom is -0.342 e. The molecule has 2 unspecified atom stereocenters. The van der Waals surface area contributed by atoms with Gasteiger partial charge in [0.2, 0.25) is 11.8 Å². The molecule has 0 aliphatic carbocycles. The van der Waals surface area contributed by atoms with Gasteiger partial charge in [0, 0.05) is 39.1 Å². The number of likely N-dealkylation sites (tertiary alicyclic amines) is 3. The zero-order valence-corrected chi connectivity index (χ0v) is 18.5. The second-order valence-electron chi connectivity index (χ2n) is 9.75. The lowest BCUT2D eigenvalue weighted by atomic mass is 9.93. The Kier molecular flexibility index (Phi) is 7.08. The summed E-state index contributed by atoms with van der Waals surface area (Å²) in [7, 11) is 0. The fourth-order valence-corrected chi connectivity index (χ4v) is 5.34. The van der Waals surface area contributed by atoms with Crippen molar-refractivity contribution >= 4 is 11.8 Å². The molecule has 1 aromatic carbocycles. The highest BCUT2D eigenvalue weighted by Crippen LogP contribution is 2.26. The predicted octanol–water partition coefficient (Wildman–Crippen LogP) is 3.05. The molecule has 2 amide bonds. The monoisotopic (exact) mass is 411 g/mol. The van der Waals surface area contributed by atoms with Crippen LogP contribution in [0.5, 0.6) is 0 Å². The third-order valence-corrected chi connectivity index (χ3v) is 7.30. The zero-order valence-electron chi connectivity index (χ0n) is 18.5. The largest absolute Gasteiger partial charge is 0.342 e. The molecule has 0 radical (unpaired) electrons. The highest BCUT2D eigenvalue weighted by Gasteiger charge is 2.37. The molecule has 4 rings (SSSR count).